The smallest absolute Gasteiger partial charge is 0.155 e. The number of benzene rings is 1. The molecule has 0 radical (unpaired) electrons. The minimum absolute atomic E-state index is 0.160. The van der Waals surface area contributed by atoms with Crippen molar-refractivity contribution >= 4 is 43.4 Å². The van der Waals surface area contributed by atoms with Gasteiger partial charge in [-0.05, 0) is 23.3 Å². The highest BCUT2D eigenvalue weighted by molar-refractivity contribution is 7.26. The number of rotatable bonds is 3. The van der Waals surface area contributed by atoms with Crippen LogP contribution < -0.4 is 0 Å². The topological polar surface area (TPSA) is 17.1 Å². The molecule has 2 aromatic rings. The zero-order valence-corrected chi connectivity index (χ0v) is 13.7. The molecule has 0 spiro atoms. The first kappa shape index (κ1) is 14.2. The fourth-order valence-electron chi connectivity index (χ4n) is 3.08. The van der Waals surface area contributed by atoms with E-state index in [1.165, 1.54) is 31.3 Å². The van der Waals surface area contributed by atoms with Gasteiger partial charge in [-0.1, -0.05) is 61.5 Å². The number of fused-ring (bicyclic) bond motifs is 5. The van der Waals surface area contributed by atoms with Gasteiger partial charge in [-0.3, -0.25) is 4.79 Å². The molecule has 2 heteroatoms. The van der Waals surface area contributed by atoms with Gasteiger partial charge < -0.3 is 0 Å². The molecule has 1 nitrogen and oxygen atoms in total. The maximum Gasteiger partial charge on any atom is 0.155 e. The molecule has 0 aliphatic heterocycles. The Morgan fingerprint density at radius 1 is 1.00 bits per heavy atom. The second-order valence-electron chi connectivity index (χ2n) is 5.61. The number of hydrogen-bond acceptors (Lipinski definition) is 2. The lowest BCUT2D eigenvalue weighted by molar-refractivity contribution is -0.114. The molecular formula is C21H16OS. The molecule has 2 aliphatic carbocycles. The molecule has 0 unspecified atom stereocenters. The first-order chi connectivity index (χ1) is 11.3. The second kappa shape index (κ2) is 5.64. The SMILES string of the molecule is CCC(=O)/C=C/c1c2cccccc-2c2sc3ccccc3c12. The minimum Gasteiger partial charge on any atom is -0.295 e. The molecule has 0 atom stereocenters. The summed E-state index contributed by atoms with van der Waals surface area (Å²) in [6, 6.07) is 19.0. The van der Waals surface area contributed by atoms with Crippen molar-refractivity contribution in [2.24, 2.45) is 0 Å². The highest BCUT2D eigenvalue weighted by Gasteiger charge is 2.19. The van der Waals surface area contributed by atoms with E-state index in [0.717, 1.165) is 5.56 Å². The largest absolute Gasteiger partial charge is 0.295 e. The van der Waals surface area contributed by atoms with Crippen molar-refractivity contribution in [3.8, 4) is 11.1 Å². The fraction of sp³-hybridized carbons (Fsp3) is 0.0952. The van der Waals surface area contributed by atoms with E-state index in [2.05, 4.69) is 48.5 Å². The van der Waals surface area contributed by atoms with E-state index < -0.39 is 0 Å². The average molecular weight is 316 g/mol. The van der Waals surface area contributed by atoms with Gasteiger partial charge in [0.2, 0.25) is 0 Å². The van der Waals surface area contributed by atoms with Crippen LogP contribution in [0.2, 0.25) is 0 Å². The molecule has 0 fully saturated rings. The van der Waals surface area contributed by atoms with Crippen molar-refractivity contribution < 1.29 is 4.79 Å². The van der Waals surface area contributed by atoms with Gasteiger partial charge in [0.1, 0.15) is 0 Å². The number of carbonyl (C=O) groups excluding carboxylic acids is 1. The van der Waals surface area contributed by atoms with Crippen LogP contribution in [-0.2, 0) is 4.79 Å². The summed E-state index contributed by atoms with van der Waals surface area (Å²) in [4.78, 5) is 11.8. The summed E-state index contributed by atoms with van der Waals surface area (Å²) in [5, 5.41) is 2.54. The molecule has 2 aliphatic rings. The molecule has 1 heterocycles. The third-order valence-electron chi connectivity index (χ3n) is 4.22. The van der Waals surface area contributed by atoms with E-state index >= 15 is 0 Å². The van der Waals surface area contributed by atoms with Crippen LogP contribution in [0.5, 0.6) is 0 Å². The van der Waals surface area contributed by atoms with E-state index in [4.69, 9.17) is 0 Å². The Morgan fingerprint density at radius 3 is 2.57 bits per heavy atom. The van der Waals surface area contributed by atoms with Crippen molar-refractivity contribution in [1.29, 1.82) is 0 Å². The van der Waals surface area contributed by atoms with Crippen molar-refractivity contribution in [3.63, 3.8) is 0 Å². The third-order valence-corrected chi connectivity index (χ3v) is 5.43. The number of hydrogen-bond donors (Lipinski definition) is 0. The predicted octanol–water partition coefficient (Wildman–Crippen LogP) is 6.15. The average Bonchev–Trinajstić information content (AvgIpc) is 2.96. The maximum atomic E-state index is 11.8. The van der Waals surface area contributed by atoms with Crippen LogP contribution in [0.15, 0.2) is 60.7 Å². The summed E-state index contributed by atoms with van der Waals surface area (Å²) in [6.07, 6.45) is 4.25. The van der Waals surface area contributed by atoms with Gasteiger partial charge in [-0.2, -0.15) is 0 Å². The summed E-state index contributed by atoms with van der Waals surface area (Å²) < 4.78 is 2.60. The summed E-state index contributed by atoms with van der Waals surface area (Å²) in [6.45, 7) is 1.89. The van der Waals surface area contributed by atoms with Crippen LogP contribution >= 0.6 is 11.3 Å². The monoisotopic (exact) mass is 316 g/mol. The number of ketones is 1. The molecule has 0 bridgehead atoms. The molecule has 112 valence electrons. The van der Waals surface area contributed by atoms with E-state index in [-0.39, 0.29) is 5.78 Å². The first-order valence-corrected chi connectivity index (χ1v) is 8.64. The molecule has 0 N–H and O–H groups in total. The predicted molar refractivity (Wildman–Crippen MR) is 100 cm³/mol. The number of carbonyl (C=O) groups is 1. The van der Waals surface area contributed by atoms with Crippen LogP contribution in [0.25, 0.3) is 37.4 Å². The first-order valence-electron chi connectivity index (χ1n) is 7.82. The quantitative estimate of drug-likeness (QED) is 0.414. The lowest BCUT2D eigenvalue weighted by atomic mass is 10.1. The van der Waals surface area contributed by atoms with Crippen LogP contribution in [-0.4, -0.2) is 5.78 Å². The van der Waals surface area contributed by atoms with Crippen LogP contribution in [0.1, 0.15) is 18.9 Å². The lowest BCUT2D eigenvalue weighted by Crippen LogP contribution is -1.86. The van der Waals surface area contributed by atoms with Gasteiger partial charge in [-0.25, -0.2) is 0 Å². The summed E-state index contributed by atoms with van der Waals surface area (Å²) >= 11 is 1.83. The summed E-state index contributed by atoms with van der Waals surface area (Å²) in [7, 11) is 0. The summed E-state index contributed by atoms with van der Waals surface area (Å²) in [5.74, 6) is 0.160. The van der Waals surface area contributed by atoms with Crippen molar-refractivity contribution in [2.75, 3.05) is 0 Å². The standard InChI is InChI=1S/C21H16OS/c1-2-14(22)12-13-16-15-8-4-3-5-9-17(15)21-20(16)18-10-6-7-11-19(18)23-21/h3-13H,2H2,1H3/b13-12+. The molecule has 0 amide bonds. The third kappa shape index (κ3) is 2.27. The molecule has 0 saturated carbocycles. The Balaban J connectivity index is 2.12. The van der Waals surface area contributed by atoms with E-state index in [9.17, 15) is 4.79 Å². The van der Waals surface area contributed by atoms with Crippen molar-refractivity contribution in [3.05, 3.63) is 66.2 Å². The van der Waals surface area contributed by atoms with Crippen LogP contribution in [0.4, 0.5) is 0 Å². The summed E-state index contributed by atoms with van der Waals surface area (Å²) in [5.41, 5.74) is 3.63. The molecular weight excluding hydrogens is 300 g/mol. The Bertz CT molecular complexity index is 1020. The molecule has 23 heavy (non-hydrogen) atoms. The van der Waals surface area contributed by atoms with Gasteiger partial charge in [-0.15, -0.1) is 11.3 Å². The highest BCUT2D eigenvalue weighted by atomic mass is 32.1. The molecule has 0 saturated heterocycles. The van der Waals surface area contributed by atoms with Gasteiger partial charge in [0.25, 0.3) is 0 Å². The molecule has 1 aromatic heterocycles. The Kier molecular flexibility index (Phi) is 3.47. The minimum atomic E-state index is 0.160. The van der Waals surface area contributed by atoms with Gasteiger partial charge in [0, 0.05) is 32.2 Å². The van der Waals surface area contributed by atoms with Crippen molar-refractivity contribution in [2.45, 2.75) is 13.3 Å². The highest BCUT2D eigenvalue weighted by Crippen LogP contribution is 2.47. The second-order valence-corrected chi connectivity index (χ2v) is 6.66. The lowest BCUT2D eigenvalue weighted by Gasteiger charge is -1.98. The zero-order chi connectivity index (χ0) is 15.8. The van der Waals surface area contributed by atoms with Gasteiger partial charge in [0.15, 0.2) is 5.78 Å². The zero-order valence-electron chi connectivity index (χ0n) is 12.9. The van der Waals surface area contributed by atoms with Crippen LogP contribution in [0.3, 0.4) is 0 Å². The Labute approximate surface area is 139 Å². The Hall–Kier alpha value is -2.45. The van der Waals surface area contributed by atoms with Crippen molar-refractivity contribution in [1.82, 2.24) is 0 Å². The van der Waals surface area contributed by atoms with E-state index in [0.29, 0.717) is 6.42 Å². The molecule has 4 rings (SSSR count). The molecule has 1 aromatic carbocycles. The number of allylic oxidation sites excluding steroid dienone is 1. The fourth-order valence-corrected chi connectivity index (χ4v) is 4.34. The Morgan fingerprint density at radius 2 is 1.74 bits per heavy atom. The van der Waals surface area contributed by atoms with Gasteiger partial charge in [0.05, 0.1) is 0 Å². The van der Waals surface area contributed by atoms with Gasteiger partial charge >= 0.3 is 0 Å². The number of thiophene rings is 1. The normalized spacial score (nSPS) is 11.9. The van der Waals surface area contributed by atoms with E-state index in [1.807, 2.05) is 30.4 Å². The van der Waals surface area contributed by atoms with E-state index in [1.54, 1.807) is 6.08 Å². The maximum absolute atomic E-state index is 11.8. The van der Waals surface area contributed by atoms with Crippen LogP contribution in [0, 0.1) is 0 Å².